The number of phosphoric acid groups is 2. The first kappa shape index (κ1) is 100. The first-order valence-corrected chi connectivity index (χ1v) is 45.7. The highest BCUT2D eigenvalue weighted by Gasteiger charge is 2.30. The number of ether oxygens (including phenoxy) is 4. The van der Waals surface area contributed by atoms with Crippen LogP contribution in [0.1, 0.15) is 428 Å². The number of carbonyl (C=O) groups excluding carboxylic acids is 4. The highest BCUT2D eigenvalue weighted by molar-refractivity contribution is 7.47. The molecule has 3 N–H and O–H groups in total. The SMILES string of the molecule is CCC(C)CCCCCCCCCCCCCCCCCCCCC(=O)OC[C@H](COP(=O)(O)OCC(O)COP(=O)(O)OC[C@@H](COC(=O)CCCCCCCCCC(C)C)OC(=O)CCCCCCCCCCCCCCCCCC(C)C)OC(=O)CCCCCCCCCCCC(C)C. The Morgan fingerprint density at radius 1 is 0.275 bits per heavy atom. The Morgan fingerprint density at radius 2 is 0.471 bits per heavy atom. The van der Waals surface area contributed by atoms with Crippen LogP contribution in [0.5, 0.6) is 0 Å². The van der Waals surface area contributed by atoms with Gasteiger partial charge in [0.05, 0.1) is 26.4 Å². The van der Waals surface area contributed by atoms with Gasteiger partial charge >= 0.3 is 39.5 Å². The number of esters is 4. The van der Waals surface area contributed by atoms with Gasteiger partial charge in [0.1, 0.15) is 19.3 Å². The fraction of sp³-hybridized carbons (Fsp3) is 0.952. The van der Waals surface area contributed by atoms with Crippen LogP contribution < -0.4 is 0 Å². The Morgan fingerprint density at radius 3 is 0.696 bits per heavy atom. The Labute approximate surface area is 626 Å². The summed E-state index contributed by atoms with van der Waals surface area (Å²) in [4.78, 5) is 73.0. The standard InChI is InChI=1S/C83H162O17P2/c1-9-76(8)62-54-46-38-30-24-20-16-12-10-11-13-17-21-25-31-39-47-55-63-80(85)93-69-78(100-83(88)66-58-50-41-33-27-29-36-44-52-60-74(4)5)71-97-101(89,90)95-67-77(84)68-96-102(91,92)98-72-79(70-94-81(86)64-56-48-42-34-37-45-53-61-75(6)7)99-82(87)65-57-49-40-32-26-22-18-14-15-19-23-28-35-43-51-59-73(2)3/h73-79,84H,9-72H2,1-8H3,(H,89,90)(H,91,92)/t76?,77?,78-,79-/m1/s1. The quantitative estimate of drug-likeness (QED) is 0.0222. The van der Waals surface area contributed by atoms with Crippen molar-refractivity contribution in [3.63, 3.8) is 0 Å². The molecule has 0 amide bonds. The molecule has 0 rings (SSSR count). The highest BCUT2D eigenvalue weighted by Crippen LogP contribution is 2.45. The summed E-state index contributed by atoms with van der Waals surface area (Å²) in [7, 11) is -9.92. The fourth-order valence-corrected chi connectivity index (χ4v) is 14.3. The average Bonchev–Trinajstić information content (AvgIpc) is 0.911. The van der Waals surface area contributed by atoms with Crippen molar-refractivity contribution in [3.05, 3.63) is 0 Å². The summed E-state index contributed by atoms with van der Waals surface area (Å²) in [6, 6.07) is 0. The molecule has 0 heterocycles. The molecule has 0 saturated carbocycles. The van der Waals surface area contributed by atoms with Gasteiger partial charge in [-0.05, 0) is 49.4 Å². The lowest BCUT2D eigenvalue weighted by Gasteiger charge is -2.21. The zero-order valence-corrected chi connectivity index (χ0v) is 69.0. The molecule has 0 spiro atoms. The van der Waals surface area contributed by atoms with Crippen LogP contribution in [0, 0.1) is 23.7 Å². The Hall–Kier alpha value is -1.94. The molecule has 4 unspecified atom stereocenters. The zero-order chi connectivity index (χ0) is 75.3. The summed E-state index contributed by atoms with van der Waals surface area (Å²) in [5, 5.41) is 10.6. The van der Waals surface area contributed by atoms with Crippen molar-refractivity contribution in [2.75, 3.05) is 39.6 Å². The van der Waals surface area contributed by atoms with E-state index in [1.165, 1.54) is 225 Å². The van der Waals surface area contributed by atoms with E-state index in [0.29, 0.717) is 31.6 Å². The lowest BCUT2D eigenvalue weighted by Crippen LogP contribution is -2.30. The number of phosphoric ester groups is 2. The summed E-state index contributed by atoms with van der Waals surface area (Å²) >= 11 is 0. The van der Waals surface area contributed by atoms with E-state index in [1.807, 2.05) is 0 Å². The van der Waals surface area contributed by atoms with Crippen molar-refractivity contribution in [1.29, 1.82) is 0 Å². The van der Waals surface area contributed by atoms with Crippen LogP contribution in [-0.4, -0.2) is 96.7 Å². The van der Waals surface area contributed by atoms with E-state index in [1.54, 1.807) is 0 Å². The molecule has 0 aliphatic carbocycles. The number of aliphatic hydroxyl groups is 1. The molecule has 0 aromatic rings. The van der Waals surface area contributed by atoms with E-state index in [-0.39, 0.29) is 25.7 Å². The van der Waals surface area contributed by atoms with Crippen molar-refractivity contribution in [2.24, 2.45) is 23.7 Å². The lowest BCUT2D eigenvalue weighted by molar-refractivity contribution is -0.161. The van der Waals surface area contributed by atoms with Crippen molar-refractivity contribution >= 4 is 39.5 Å². The van der Waals surface area contributed by atoms with Crippen molar-refractivity contribution in [2.45, 2.75) is 446 Å². The molecule has 0 radical (unpaired) electrons. The van der Waals surface area contributed by atoms with Gasteiger partial charge in [-0.1, -0.05) is 376 Å². The van der Waals surface area contributed by atoms with Gasteiger partial charge in [-0.2, -0.15) is 0 Å². The van der Waals surface area contributed by atoms with Crippen LogP contribution in [0.3, 0.4) is 0 Å². The summed E-state index contributed by atoms with van der Waals surface area (Å²) < 4.78 is 68.7. The molecule has 102 heavy (non-hydrogen) atoms. The van der Waals surface area contributed by atoms with Gasteiger partial charge in [0.2, 0.25) is 0 Å². The molecule has 0 aromatic heterocycles. The molecule has 606 valence electrons. The highest BCUT2D eigenvalue weighted by atomic mass is 31.2. The second-order valence-corrected chi connectivity index (χ2v) is 34.4. The molecule has 17 nitrogen and oxygen atoms in total. The maximum Gasteiger partial charge on any atom is 0.472 e. The first-order chi connectivity index (χ1) is 49.1. The molecule has 6 atom stereocenters. The lowest BCUT2D eigenvalue weighted by atomic mass is 9.99. The zero-order valence-electron chi connectivity index (χ0n) is 67.2. The maximum absolute atomic E-state index is 13.1. The third-order valence-electron chi connectivity index (χ3n) is 19.7. The number of aliphatic hydroxyl groups excluding tert-OH is 1. The maximum atomic E-state index is 13.1. The van der Waals surface area contributed by atoms with E-state index in [0.717, 1.165) is 114 Å². The predicted molar refractivity (Wildman–Crippen MR) is 418 cm³/mol. The van der Waals surface area contributed by atoms with Crippen LogP contribution in [0.15, 0.2) is 0 Å². The van der Waals surface area contributed by atoms with E-state index >= 15 is 0 Å². The van der Waals surface area contributed by atoms with Crippen LogP contribution in [0.4, 0.5) is 0 Å². The fourth-order valence-electron chi connectivity index (χ4n) is 12.8. The van der Waals surface area contributed by atoms with Crippen molar-refractivity contribution in [1.82, 2.24) is 0 Å². The van der Waals surface area contributed by atoms with Crippen LogP contribution in [0.2, 0.25) is 0 Å². The topological polar surface area (TPSA) is 237 Å². The third kappa shape index (κ3) is 74.9. The number of hydrogen-bond donors (Lipinski definition) is 3. The van der Waals surface area contributed by atoms with Gasteiger partial charge in [0.15, 0.2) is 12.2 Å². The van der Waals surface area contributed by atoms with Crippen LogP contribution in [0.25, 0.3) is 0 Å². The molecule has 0 aliphatic rings. The minimum atomic E-state index is -4.96. The average molecular weight is 1490 g/mol. The van der Waals surface area contributed by atoms with Crippen LogP contribution in [-0.2, 0) is 65.4 Å². The minimum absolute atomic E-state index is 0.105. The monoisotopic (exact) mass is 1490 g/mol. The number of unbranched alkanes of at least 4 members (excludes halogenated alkanes) is 45. The van der Waals surface area contributed by atoms with Crippen molar-refractivity contribution < 1.29 is 80.2 Å². The van der Waals surface area contributed by atoms with E-state index in [9.17, 15) is 43.2 Å². The molecule has 0 saturated heterocycles. The van der Waals surface area contributed by atoms with Crippen LogP contribution >= 0.6 is 15.6 Å². The summed E-state index contributed by atoms with van der Waals surface area (Å²) in [5.41, 5.74) is 0. The van der Waals surface area contributed by atoms with E-state index in [4.69, 9.17) is 37.0 Å². The molecule has 0 bridgehead atoms. The Balaban J connectivity index is 5.16. The Bertz CT molecular complexity index is 1990. The number of hydrogen-bond acceptors (Lipinski definition) is 15. The number of carbonyl (C=O) groups is 4. The normalized spacial score (nSPS) is 14.3. The second-order valence-electron chi connectivity index (χ2n) is 31.5. The van der Waals surface area contributed by atoms with Crippen molar-refractivity contribution in [3.8, 4) is 0 Å². The largest absolute Gasteiger partial charge is 0.472 e. The van der Waals surface area contributed by atoms with Gasteiger partial charge < -0.3 is 33.8 Å². The molecular formula is C83H162O17P2. The minimum Gasteiger partial charge on any atom is -0.462 e. The first-order valence-electron chi connectivity index (χ1n) is 42.7. The summed E-state index contributed by atoms with van der Waals surface area (Å²) in [6.07, 6.45) is 59.9. The van der Waals surface area contributed by atoms with Gasteiger partial charge in [-0.25, -0.2) is 9.13 Å². The smallest absolute Gasteiger partial charge is 0.462 e. The summed E-state index contributed by atoms with van der Waals surface area (Å²) in [6.45, 7) is 14.3. The van der Waals surface area contributed by atoms with E-state index in [2.05, 4.69) is 55.4 Å². The second kappa shape index (κ2) is 72.0. The van der Waals surface area contributed by atoms with Gasteiger partial charge in [-0.3, -0.25) is 37.3 Å². The third-order valence-corrected chi connectivity index (χ3v) is 21.6. The van der Waals surface area contributed by atoms with Gasteiger partial charge in [-0.15, -0.1) is 0 Å². The molecule has 0 aromatic carbocycles. The molecule has 0 aliphatic heterocycles. The molecular weight excluding hydrogens is 1330 g/mol. The number of rotatable bonds is 80. The Kier molecular flexibility index (Phi) is 70.6. The van der Waals surface area contributed by atoms with Gasteiger partial charge in [0, 0.05) is 25.7 Å². The van der Waals surface area contributed by atoms with Gasteiger partial charge in [0.25, 0.3) is 0 Å². The summed E-state index contributed by atoms with van der Waals surface area (Å²) in [5.74, 6) is 1.00. The molecule has 19 heteroatoms. The predicted octanol–water partition coefficient (Wildman–Crippen LogP) is 24.8. The van der Waals surface area contributed by atoms with E-state index < -0.39 is 97.5 Å². The molecule has 0 fully saturated rings.